The Bertz CT molecular complexity index is 513. The van der Waals surface area contributed by atoms with E-state index in [1.807, 2.05) is 0 Å². The van der Waals surface area contributed by atoms with E-state index in [4.69, 9.17) is 9.47 Å². The molecule has 0 atom stereocenters. The lowest BCUT2D eigenvalue weighted by molar-refractivity contribution is -0.125. The van der Waals surface area contributed by atoms with Crippen LogP contribution in [-0.4, -0.2) is 36.1 Å². The molecule has 1 aliphatic rings. The van der Waals surface area contributed by atoms with Crippen molar-refractivity contribution in [3.8, 4) is 5.88 Å². The third kappa shape index (κ3) is 4.72. The maximum atomic E-state index is 12.0. The second-order valence-electron chi connectivity index (χ2n) is 5.27. The Hall–Kier alpha value is -2.11. The van der Waals surface area contributed by atoms with Crippen LogP contribution in [0.25, 0.3) is 0 Å². The summed E-state index contributed by atoms with van der Waals surface area (Å²) < 4.78 is 10.3. The topological polar surface area (TPSA) is 77.5 Å². The van der Waals surface area contributed by atoms with Gasteiger partial charge in [-0.1, -0.05) is 19.3 Å². The number of rotatable bonds is 6. The summed E-state index contributed by atoms with van der Waals surface area (Å²) in [6, 6.07) is 3.40. The predicted octanol–water partition coefficient (Wildman–Crippen LogP) is 2.09. The molecule has 1 saturated carbocycles. The number of hydrogen-bond acceptors (Lipinski definition) is 5. The molecule has 1 aliphatic carbocycles. The Morgan fingerprint density at radius 2 is 2.09 bits per heavy atom. The Labute approximate surface area is 130 Å². The van der Waals surface area contributed by atoms with E-state index in [-0.39, 0.29) is 30.0 Å². The van der Waals surface area contributed by atoms with Gasteiger partial charge in [-0.15, -0.1) is 0 Å². The summed E-state index contributed by atoms with van der Waals surface area (Å²) in [4.78, 5) is 27.8. The molecule has 1 N–H and O–H groups in total. The molecule has 1 heterocycles. The molecular formula is C16H22N2O4. The summed E-state index contributed by atoms with van der Waals surface area (Å²) in [5.41, 5.74) is 0.231. The van der Waals surface area contributed by atoms with Crippen molar-refractivity contribution in [2.45, 2.75) is 45.1 Å². The summed E-state index contributed by atoms with van der Waals surface area (Å²) in [5, 5.41) is 2.90. The van der Waals surface area contributed by atoms with Gasteiger partial charge in [-0.3, -0.25) is 4.79 Å². The second-order valence-corrected chi connectivity index (χ2v) is 5.27. The van der Waals surface area contributed by atoms with Crippen molar-refractivity contribution in [2.75, 3.05) is 13.2 Å². The third-order valence-corrected chi connectivity index (χ3v) is 3.58. The lowest BCUT2D eigenvalue weighted by Crippen LogP contribution is -2.38. The molecule has 1 amide bonds. The van der Waals surface area contributed by atoms with Crippen molar-refractivity contribution < 1.29 is 19.1 Å². The van der Waals surface area contributed by atoms with Gasteiger partial charge in [0, 0.05) is 12.2 Å². The Morgan fingerprint density at radius 3 is 2.82 bits per heavy atom. The van der Waals surface area contributed by atoms with E-state index in [1.54, 1.807) is 19.1 Å². The van der Waals surface area contributed by atoms with Crippen LogP contribution in [-0.2, 0) is 9.53 Å². The molecule has 1 aromatic rings. The number of nitrogens with one attached hydrogen (secondary N) is 1. The molecule has 0 saturated heterocycles. The standard InChI is InChI=1S/C16H22N2O4/c1-2-21-15-13(9-6-10-17-15)16(20)22-11-14(19)18-12-7-4-3-5-8-12/h6,9-10,12H,2-5,7-8,11H2,1H3,(H,18,19). The van der Waals surface area contributed by atoms with Crippen LogP contribution in [0.2, 0.25) is 0 Å². The highest BCUT2D eigenvalue weighted by molar-refractivity contribution is 5.93. The summed E-state index contributed by atoms with van der Waals surface area (Å²) in [6.45, 7) is 1.93. The minimum absolute atomic E-state index is 0.206. The third-order valence-electron chi connectivity index (χ3n) is 3.58. The fourth-order valence-electron chi connectivity index (χ4n) is 2.52. The van der Waals surface area contributed by atoms with Gasteiger partial charge in [0.25, 0.3) is 5.91 Å². The number of hydrogen-bond donors (Lipinski definition) is 1. The molecule has 120 valence electrons. The van der Waals surface area contributed by atoms with Gasteiger partial charge in [-0.2, -0.15) is 0 Å². The highest BCUT2D eigenvalue weighted by Crippen LogP contribution is 2.17. The van der Waals surface area contributed by atoms with Gasteiger partial charge in [0.1, 0.15) is 5.56 Å². The van der Waals surface area contributed by atoms with Crippen molar-refractivity contribution in [1.82, 2.24) is 10.3 Å². The number of aromatic nitrogens is 1. The van der Waals surface area contributed by atoms with Gasteiger partial charge in [0.2, 0.25) is 5.88 Å². The maximum absolute atomic E-state index is 12.0. The van der Waals surface area contributed by atoms with Gasteiger partial charge < -0.3 is 14.8 Å². The lowest BCUT2D eigenvalue weighted by Gasteiger charge is -2.22. The van der Waals surface area contributed by atoms with Crippen molar-refractivity contribution in [1.29, 1.82) is 0 Å². The van der Waals surface area contributed by atoms with E-state index in [1.165, 1.54) is 12.6 Å². The number of carbonyl (C=O) groups is 2. The number of esters is 1. The molecule has 1 fully saturated rings. The normalized spacial score (nSPS) is 15.1. The molecule has 0 radical (unpaired) electrons. The molecule has 0 spiro atoms. The molecule has 6 nitrogen and oxygen atoms in total. The Morgan fingerprint density at radius 1 is 1.32 bits per heavy atom. The van der Waals surface area contributed by atoms with E-state index in [9.17, 15) is 9.59 Å². The number of amides is 1. The highest BCUT2D eigenvalue weighted by atomic mass is 16.5. The van der Waals surface area contributed by atoms with E-state index >= 15 is 0 Å². The first kappa shape index (κ1) is 16.3. The summed E-state index contributed by atoms with van der Waals surface area (Å²) in [6.07, 6.45) is 7.03. The van der Waals surface area contributed by atoms with Crippen molar-refractivity contribution >= 4 is 11.9 Å². The number of nitrogens with zero attached hydrogens (tertiary/aromatic N) is 1. The number of pyridine rings is 1. The van der Waals surface area contributed by atoms with E-state index in [0.717, 1.165) is 25.7 Å². The van der Waals surface area contributed by atoms with Gasteiger partial charge >= 0.3 is 5.97 Å². The molecule has 0 unspecified atom stereocenters. The van der Waals surface area contributed by atoms with E-state index in [0.29, 0.717) is 6.61 Å². The highest BCUT2D eigenvalue weighted by Gasteiger charge is 2.19. The summed E-state index contributed by atoms with van der Waals surface area (Å²) in [7, 11) is 0. The molecular weight excluding hydrogens is 284 g/mol. The van der Waals surface area contributed by atoms with Gasteiger partial charge in [0.05, 0.1) is 6.61 Å². The van der Waals surface area contributed by atoms with Crippen LogP contribution < -0.4 is 10.1 Å². The Kier molecular flexibility index (Phi) is 6.18. The predicted molar refractivity (Wildman–Crippen MR) is 80.7 cm³/mol. The molecule has 0 aliphatic heterocycles. The zero-order valence-electron chi connectivity index (χ0n) is 12.8. The first-order chi connectivity index (χ1) is 10.7. The van der Waals surface area contributed by atoms with Crippen molar-refractivity contribution in [2.24, 2.45) is 0 Å². The van der Waals surface area contributed by atoms with Crippen molar-refractivity contribution in [3.05, 3.63) is 23.9 Å². The summed E-state index contributed by atoms with van der Waals surface area (Å²) >= 11 is 0. The quantitative estimate of drug-likeness (QED) is 0.814. The first-order valence-corrected chi connectivity index (χ1v) is 7.75. The minimum Gasteiger partial charge on any atom is -0.477 e. The van der Waals surface area contributed by atoms with Crippen LogP contribution >= 0.6 is 0 Å². The van der Waals surface area contributed by atoms with Crippen LogP contribution in [0.3, 0.4) is 0 Å². The fraction of sp³-hybridized carbons (Fsp3) is 0.562. The van der Waals surface area contributed by atoms with Crippen molar-refractivity contribution in [3.63, 3.8) is 0 Å². The van der Waals surface area contributed by atoms with E-state index < -0.39 is 5.97 Å². The average molecular weight is 306 g/mol. The SMILES string of the molecule is CCOc1ncccc1C(=O)OCC(=O)NC1CCCCC1. The molecule has 22 heavy (non-hydrogen) atoms. The molecule has 0 bridgehead atoms. The maximum Gasteiger partial charge on any atom is 0.344 e. The summed E-state index contributed by atoms with van der Waals surface area (Å²) in [5.74, 6) is -0.639. The van der Waals surface area contributed by atoms with Gasteiger partial charge in [0.15, 0.2) is 6.61 Å². The zero-order valence-corrected chi connectivity index (χ0v) is 12.8. The van der Waals surface area contributed by atoms with Crippen LogP contribution in [0.5, 0.6) is 5.88 Å². The number of ether oxygens (including phenoxy) is 2. The second kappa shape index (κ2) is 8.36. The lowest BCUT2D eigenvalue weighted by atomic mass is 9.95. The monoisotopic (exact) mass is 306 g/mol. The molecule has 6 heteroatoms. The molecule has 1 aromatic heterocycles. The van der Waals surface area contributed by atoms with E-state index in [2.05, 4.69) is 10.3 Å². The van der Waals surface area contributed by atoms with Crippen LogP contribution in [0.1, 0.15) is 49.4 Å². The average Bonchev–Trinajstić information content (AvgIpc) is 2.54. The fourth-order valence-corrected chi connectivity index (χ4v) is 2.52. The molecule has 0 aromatic carbocycles. The van der Waals surface area contributed by atoms with Gasteiger partial charge in [-0.25, -0.2) is 9.78 Å². The van der Waals surface area contributed by atoms with Crippen LogP contribution in [0.15, 0.2) is 18.3 Å². The number of carbonyl (C=O) groups excluding carboxylic acids is 2. The zero-order chi connectivity index (χ0) is 15.8. The Balaban J connectivity index is 1.83. The smallest absolute Gasteiger partial charge is 0.344 e. The van der Waals surface area contributed by atoms with Crippen LogP contribution in [0.4, 0.5) is 0 Å². The van der Waals surface area contributed by atoms with Crippen LogP contribution in [0, 0.1) is 0 Å². The molecule has 2 rings (SSSR count). The largest absolute Gasteiger partial charge is 0.477 e. The van der Waals surface area contributed by atoms with Gasteiger partial charge in [-0.05, 0) is 31.9 Å². The first-order valence-electron chi connectivity index (χ1n) is 7.75. The minimum atomic E-state index is -0.602.